The molecule has 4 nitrogen and oxygen atoms in total. The van der Waals surface area contributed by atoms with Crippen molar-refractivity contribution >= 4 is 5.91 Å². The van der Waals surface area contributed by atoms with Crippen LogP contribution >= 0.6 is 0 Å². The van der Waals surface area contributed by atoms with Gasteiger partial charge in [-0.1, -0.05) is 26.0 Å². The van der Waals surface area contributed by atoms with Crippen LogP contribution in [0.4, 0.5) is 0 Å². The molecule has 1 aromatic carbocycles. The van der Waals surface area contributed by atoms with Crippen LogP contribution in [-0.4, -0.2) is 12.0 Å². The number of furan rings is 1. The van der Waals surface area contributed by atoms with Crippen LogP contribution in [0, 0.1) is 5.92 Å². The van der Waals surface area contributed by atoms with Crippen LogP contribution in [0.5, 0.6) is 5.75 Å². The van der Waals surface area contributed by atoms with Crippen molar-refractivity contribution in [3.8, 4) is 5.75 Å². The maximum absolute atomic E-state index is 12.3. The van der Waals surface area contributed by atoms with Gasteiger partial charge in [0.25, 0.3) is 0 Å². The van der Waals surface area contributed by atoms with Gasteiger partial charge in [-0.3, -0.25) is 4.79 Å². The molecule has 0 aliphatic rings. The van der Waals surface area contributed by atoms with Gasteiger partial charge >= 0.3 is 0 Å². The van der Waals surface area contributed by atoms with Crippen molar-refractivity contribution < 1.29 is 13.9 Å². The van der Waals surface area contributed by atoms with Crippen LogP contribution in [-0.2, 0) is 11.3 Å². The minimum absolute atomic E-state index is 0.0348. The highest BCUT2D eigenvalue weighted by molar-refractivity contribution is 5.76. The summed E-state index contributed by atoms with van der Waals surface area (Å²) in [6.45, 7) is 8.73. The number of hydrogen-bond donors (Lipinski definition) is 1. The fraction of sp³-hybridized carbons (Fsp3) is 0.450. The molecule has 4 heteroatoms. The average Bonchev–Trinajstić information content (AvgIpc) is 3.04. The summed E-state index contributed by atoms with van der Waals surface area (Å²) in [7, 11) is 0. The Morgan fingerprint density at radius 3 is 2.38 bits per heavy atom. The van der Waals surface area contributed by atoms with E-state index in [1.54, 1.807) is 6.26 Å². The number of hydrogen-bond acceptors (Lipinski definition) is 3. The summed E-state index contributed by atoms with van der Waals surface area (Å²) in [5.74, 6) is 2.21. The lowest BCUT2D eigenvalue weighted by atomic mass is 9.85. The van der Waals surface area contributed by atoms with Gasteiger partial charge in [0.1, 0.15) is 11.5 Å². The summed E-state index contributed by atoms with van der Waals surface area (Å²) in [6.07, 6.45) is 2.23. The number of ether oxygens (including phenoxy) is 1. The lowest BCUT2D eigenvalue weighted by Crippen LogP contribution is -2.25. The lowest BCUT2D eigenvalue weighted by molar-refractivity contribution is -0.121. The predicted octanol–water partition coefficient (Wildman–Crippen LogP) is 4.51. The monoisotopic (exact) mass is 329 g/mol. The van der Waals surface area contributed by atoms with E-state index in [2.05, 4.69) is 31.3 Å². The molecule has 1 heterocycles. The van der Waals surface area contributed by atoms with E-state index in [0.717, 1.165) is 17.1 Å². The second kappa shape index (κ2) is 8.57. The largest absolute Gasteiger partial charge is 0.491 e. The topological polar surface area (TPSA) is 51.5 Å². The van der Waals surface area contributed by atoms with Crippen molar-refractivity contribution in [3.63, 3.8) is 0 Å². The van der Waals surface area contributed by atoms with Crippen LogP contribution in [0.3, 0.4) is 0 Å². The highest BCUT2D eigenvalue weighted by atomic mass is 16.5. The normalized spacial score (nSPS) is 12.4. The molecule has 0 fully saturated rings. The first-order valence-corrected chi connectivity index (χ1v) is 8.51. The Hall–Kier alpha value is -2.23. The van der Waals surface area contributed by atoms with Gasteiger partial charge in [-0.15, -0.1) is 0 Å². The van der Waals surface area contributed by atoms with Crippen LogP contribution in [0.15, 0.2) is 47.1 Å². The van der Waals surface area contributed by atoms with Crippen LogP contribution in [0.2, 0.25) is 0 Å². The van der Waals surface area contributed by atoms with Crippen molar-refractivity contribution in [2.24, 2.45) is 5.92 Å². The Bertz CT molecular complexity index is 615. The molecule has 0 radical (unpaired) electrons. The van der Waals surface area contributed by atoms with Gasteiger partial charge in [-0.2, -0.15) is 0 Å². The van der Waals surface area contributed by atoms with Crippen LogP contribution < -0.4 is 10.1 Å². The van der Waals surface area contributed by atoms with E-state index in [-0.39, 0.29) is 17.9 Å². The first-order valence-electron chi connectivity index (χ1n) is 8.51. The second-order valence-corrected chi connectivity index (χ2v) is 6.65. The molecular formula is C20H27NO3. The smallest absolute Gasteiger partial charge is 0.220 e. The molecule has 1 aromatic heterocycles. The molecule has 130 valence electrons. The van der Waals surface area contributed by atoms with Gasteiger partial charge in [-0.25, -0.2) is 0 Å². The molecule has 2 rings (SSSR count). The minimum atomic E-state index is 0.0348. The third kappa shape index (κ3) is 5.44. The quantitative estimate of drug-likeness (QED) is 0.775. The molecule has 24 heavy (non-hydrogen) atoms. The summed E-state index contributed by atoms with van der Waals surface area (Å²) in [6, 6.07) is 11.7. The molecule has 0 aliphatic heterocycles. The number of carbonyl (C=O) groups excluding carboxylic acids is 1. The average molecular weight is 329 g/mol. The Morgan fingerprint density at radius 1 is 1.12 bits per heavy atom. The van der Waals surface area contributed by atoms with Crippen molar-refractivity contribution in [2.75, 3.05) is 0 Å². The first-order chi connectivity index (χ1) is 11.5. The third-order valence-corrected chi connectivity index (χ3v) is 3.93. The molecule has 1 atom stereocenters. The number of amides is 1. The standard InChI is InChI=1S/C20H27NO3/c1-14(2)19(12-20(22)21-13-18-6-5-11-23-18)16-7-9-17(10-8-16)24-15(3)4/h5-11,14-15,19H,12-13H2,1-4H3,(H,21,22)/t19-/m0/s1. The van der Waals surface area contributed by atoms with E-state index >= 15 is 0 Å². The molecule has 2 aromatic rings. The highest BCUT2D eigenvalue weighted by Gasteiger charge is 2.20. The van der Waals surface area contributed by atoms with Crippen molar-refractivity contribution in [3.05, 3.63) is 54.0 Å². The van der Waals surface area contributed by atoms with Gasteiger partial charge < -0.3 is 14.5 Å². The van der Waals surface area contributed by atoms with E-state index in [1.165, 1.54) is 0 Å². The highest BCUT2D eigenvalue weighted by Crippen LogP contribution is 2.29. The third-order valence-electron chi connectivity index (χ3n) is 3.93. The SMILES string of the molecule is CC(C)Oc1ccc([C@@H](CC(=O)NCc2ccco2)C(C)C)cc1. The summed E-state index contributed by atoms with van der Waals surface area (Å²) in [5, 5.41) is 2.92. The van der Waals surface area contributed by atoms with Crippen LogP contribution in [0.1, 0.15) is 51.4 Å². The van der Waals surface area contributed by atoms with Crippen molar-refractivity contribution in [1.82, 2.24) is 5.32 Å². The molecule has 1 N–H and O–H groups in total. The maximum Gasteiger partial charge on any atom is 0.220 e. The van der Waals surface area contributed by atoms with Gasteiger partial charge in [0.05, 0.1) is 18.9 Å². The van der Waals surface area contributed by atoms with E-state index in [0.29, 0.717) is 18.9 Å². The summed E-state index contributed by atoms with van der Waals surface area (Å²) >= 11 is 0. The molecule has 0 unspecified atom stereocenters. The Balaban J connectivity index is 1.96. The zero-order valence-corrected chi connectivity index (χ0v) is 14.9. The second-order valence-electron chi connectivity index (χ2n) is 6.65. The maximum atomic E-state index is 12.3. The van der Waals surface area contributed by atoms with Gasteiger partial charge in [0.15, 0.2) is 0 Å². The van der Waals surface area contributed by atoms with Gasteiger partial charge in [0.2, 0.25) is 5.91 Å². The van der Waals surface area contributed by atoms with E-state index in [4.69, 9.17) is 9.15 Å². The zero-order valence-electron chi connectivity index (χ0n) is 14.9. The number of nitrogens with one attached hydrogen (secondary N) is 1. The fourth-order valence-electron chi connectivity index (χ4n) is 2.67. The molecule has 0 spiro atoms. The summed E-state index contributed by atoms with van der Waals surface area (Å²) < 4.78 is 10.9. The summed E-state index contributed by atoms with van der Waals surface area (Å²) in [4.78, 5) is 12.3. The Labute approximate surface area is 144 Å². The number of carbonyl (C=O) groups is 1. The van der Waals surface area contributed by atoms with Gasteiger partial charge in [-0.05, 0) is 55.5 Å². The Kier molecular flexibility index (Phi) is 6.47. The molecular weight excluding hydrogens is 302 g/mol. The summed E-state index contributed by atoms with van der Waals surface area (Å²) in [5.41, 5.74) is 1.16. The van der Waals surface area contributed by atoms with Crippen molar-refractivity contribution in [1.29, 1.82) is 0 Å². The number of rotatable bonds is 8. The van der Waals surface area contributed by atoms with E-state index in [9.17, 15) is 4.79 Å². The molecule has 0 saturated carbocycles. The van der Waals surface area contributed by atoms with Crippen LogP contribution in [0.25, 0.3) is 0 Å². The molecule has 0 bridgehead atoms. The number of benzene rings is 1. The predicted molar refractivity (Wildman–Crippen MR) is 95.0 cm³/mol. The molecule has 1 amide bonds. The van der Waals surface area contributed by atoms with Gasteiger partial charge in [0, 0.05) is 6.42 Å². The Morgan fingerprint density at radius 2 is 1.83 bits per heavy atom. The molecule has 0 aliphatic carbocycles. The minimum Gasteiger partial charge on any atom is -0.491 e. The van der Waals surface area contributed by atoms with E-state index < -0.39 is 0 Å². The van der Waals surface area contributed by atoms with Crippen molar-refractivity contribution in [2.45, 2.75) is 52.7 Å². The fourth-order valence-corrected chi connectivity index (χ4v) is 2.67. The first kappa shape index (κ1) is 18.1. The molecule has 0 saturated heterocycles. The van der Waals surface area contributed by atoms with E-state index in [1.807, 2.05) is 38.1 Å². The zero-order chi connectivity index (χ0) is 17.5. The lowest BCUT2D eigenvalue weighted by Gasteiger charge is -2.21.